The van der Waals surface area contributed by atoms with Gasteiger partial charge in [0.15, 0.2) is 0 Å². The van der Waals surface area contributed by atoms with Crippen LogP contribution in [0.2, 0.25) is 0 Å². The van der Waals surface area contributed by atoms with E-state index in [2.05, 4.69) is 4.98 Å². The van der Waals surface area contributed by atoms with Crippen LogP contribution in [0.1, 0.15) is 14.7 Å². The van der Waals surface area contributed by atoms with Gasteiger partial charge in [0.1, 0.15) is 9.88 Å². The van der Waals surface area contributed by atoms with Gasteiger partial charge in [-0.1, -0.05) is 0 Å². The van der Waals surface area contributed by atoms with E-state index in [0.29, 0.717) is 5.01 Å². The molecule has 68 valence electrons. The Hall–Kier alpha value is -1.69. The third-order valence-corrected chi connectivity index (χ3v) is 2.05. The Morgan fingerprint density at radius 2 is 2.15 bits per heavy atom. The number of rotatable bonds is 3. The van der Waals surface area contributed by atoms with Crippen molar-refractivity contribution in [1.29, 1.82) is 0 Å². The first-order valence-electron chi connectivity index (χ1n) is 3.19. The molecule has 0 aliphatic rings. The van der Waals surface area contributed by atoms with E-state index >= 15 is 0 Å². The van der Waals surface area contributed by atoms with Crippen molar-refractivity contribution in [2.24, 2.45) is 0 Å². The van der Waals surface area contributed by atoms with Crippen molar-refractivity contribution in [3.63, 3.8) is 0 Å². The van der Waals surface area contributed by atoms with E-state index in [9.17, 15) is 9.59 Å². The molecule has 0 spiro atoms. The smallest absolute Gasteiger partial charge is 0.347 e. The molecule has 5 nitrogen and oxygen atoms in total. The topological polar surface area (TPSA) is 87.5 Å². The number of thiazole rings is 1. The van der Waals surface area contributed by atoms with E-state index in [0.717, 1.165) is 17.4 Å². The van der Waals surface area contributed by atoms with E-state index in [1.807, 2.05) is 0 Å². The van der Waals surface area contributed by atoms with Crippen molar-refractivity contribution in [2.45, 2.75) is 0 Å². The number of carbonyl (C=O) groups is 2. The van der Waals surface area contributed by atoms with Gasteiger partial charge in [0.05, 0.1) is 6.20 Å². The van der Waals surface area contributed by atoms with Crippen molar-refractivity contribution in [1.82, 2.24) is 4.98 Å². The number of aromatic nitrogens is 1. The molecule has 0 aromatic carbocycles. The second kappa shape index (κ2) is 3.81. The van der Waals surface area contributed by atoms with Crippen molar-refractivity contribution >= 4 is 29.4 Å². The van der Waals surface area contributed by atoms with Crippen molar-refractivity contribution in [2.75, 3.05) is 0 Å². The fourth-order valence-corrected chi connectivity index (χ4v) is 1.27. The lowest BCUT2D eigenvalue weighted by molar-refractivity contribution is -0.131. The molecule has 0 radical (unpaired) electrons. The molecular weight excluding hydrogens is 194 g/mol. The average Bonchev–Trinajstić information content (AvgIpc) is 2.48. The molecular formula is C7H5NO4S. The number of nitrogens with zero attached hydrogens (tertiary/aromatic N) is 1. The number of carboxylic acids is 2. The number of hydrogen-bond acceptors (Lipinski definition) is 4. The first-order valence-corrected chi connectivity index (χ1v) is 4.01. The van der Waals surface area contributed by atoms with Gasteiger partial charge in [0.2, 0.25) is 0 Å². The quantitative estimate of drug-likeness (QED) is 0.707. The molecule has 6 heteroatoms. The third-order valence-electron chi connectivity index (χ3n) is 1.10. The summed E-state index contributed by atoms with van der Waals surface area (Å²) < 4.78 is 0. The molecule has 0 unspecified atom stereocenters. The van der Waals surface area contributed by atoms with E-state index < -0.39 is 11.9 Å². The second-order valence-electron chi connectivity index (χ2n) is 2.04. The minimum atomic E-state index is -1.09. The van der Waals surface area contributed by atoms with Crippen LogP contribution in [0, 0.1) is 0 Å². The van der Waals surface area contributed by atoms with Gasteiger partial charge in [-0.05, 0) is 6.08 Å². The Kier molecular flexibility index (Phi) is 2.76. The van der Waals surface area contributed by atoms with E-state index in [-0.39, 0.29) is 4.88 Å². The second-order valence-corrected chi connectivity index (χ2v) is 3.10. The zero-order valence-electron chi connectivity index (χ0n) is 6.30. The summed E-state index contributed by atoms with van der Waals surface area (Å²) >= 11 is 0.922. The maximum atomic E-state index is 10.4. The fourth-order valence-electron chi connectivity index (χ4n) is 0.606. The highest BCUT2D eigenvalue weighted by atomic mass is 32.1. The highest BCUT2D eigenvalue weighted by molar-refractivity contribution is 7.14. The normalized spacial score (nSPS) is 10.5. The molecule has 1 aromatic rings. The van der Waals surface area contributed by atoms with Gasteiger partial charge in [0, 0.05) is 6.08 Å². The van der Waals surface area contributed by atoms with Crippen LogP contribution in [0.4, 0.5) is 0 Å². The zero-order chi connectivity index (χ0) is 9.84. The summed E-state index contributed by atoms with van der Waals surface area (Å²) in [6.07, 6.45) is 3.35. The first kappa shape index (κ1) is 9.40. The lowest BCUT2D eigenvalue weighted by Crippen LogP contribution is -1.89. The summed E-state index contributed by atoms with van der Waals surface area (Å²) in [5.74, 6) is -2.15. The van der Waals surface area contributed by atoms with Gasteiger partial charge in [-0.25, -0.2) is 14.6 Å². The van der Waals surface area contributed by atoms with Gasteiger partial charge < -0.3 is 10.2 Å². The molecule has 0 bridgehead atoms. The van der Waals surface area contributed by atoms with Gasteiger partial charge in [-0.2, -0.15) is 0 Å². The lowest BCUT2D eigenvalue weighted by Gasteiger charge is -1.80. The summed E-state index contributed by atoms with van der Waals surface area (Å²) in [6.45, 7) is 0. The molecule has 0 saturated heterocycles. The Balaban J connectivity index is 2.80. The fraction of sp³-hybridized carbons (Fsp3) is 0. The van der Waals surface area contributed by atoms with Crippen LogP contribution < -0.4 is 0 Å². The molecule has 13 heavy (non-hydrogen) atoms. The van der Waals surface area contributed by atoms with Crippen LogP contribution in [0.3, 0.4) is 0 Å². The highest BCUT2D eigenvalue weighted by Crippen LogP contribution is 2.13. The monoisotopic (exact) mass is 199 g/mol. The third kappa shape index (κ3) is 2.68. The van der Waals surface area contributed by atoms with E-state index in [1.165, 1.54) is 12.3 Å². The van der Waals surface area contributed by atoms with Gasteiger partial charge in [0.25, 0.3) is 0 Å². The maximum absolute atomic E-state index is 10.4. The summed E-state index contributed by atoms with van der Waals surface area (Å²) in [5, 5.41) is 17.1. The van der Waals surface area contributed by atoms with Crippen LogP contribution in [-0.4, -0.2) is 27.1 Å². The molecule has 1 rings (SSSR count). The first-order chi connectivity index (χ1) is 6.09. The summed E-state index contributed by atoms with van der Waals surface area (Å²) in [5.41, 5.74) is 0. The lowest BCUT2D eigenvalue weighted by atomic mass is 10.5. The average molecular weight is 199 g/mol. The maximum Gasteiger partial charge on any atom is 0.347 e. The predicted molar refractivity (Wildman–Crippen MR) is 45.7 cm³/mol. The minimum absolute atomic E-state index is 0.0880. The Bertz CT molecular complexity index is 368. The Morgan fingerprint density at radius 3 is 2.62 bits per heavy atom. The Morgan fingerprint density at radius 1 is 1.46 bits per heavy atom. The zero-order valence-corrected chi connectivity index (χ0v) is 7.11. The van der Waals surface area contributed by atoms with Crippen molar-refractivity contribution in [3.05, 3.63) is 22.2 Å². The van der Waals surface area contributed by atoms with Crippen molar-refractivity contribution < 1.29 is 19.8 Å². The molecule has 0 saturated carbocycles. The van der Waals surface area contributed by atoms with Crippen LogP contribution in [0.15, 0.2) is 12.3 Å². The summed E-state index contributed by atoms with van der Waals surface area (Å²) in [7, 11) is 0. The van der Waals surface area contributed by atoms with Gasteiger partial charge in [-0.15, -0.1) is 11.3 Å². The number of aromatic carboxylic acids is 1. The number of aliphatic carboxylic acids is 1. The van der Waals surface area contributed by atoms with Crippen LogP contribution in [0.5, 0.6) is 0 Å². The minimum Gasteiger partial charge on any atom is -0.478 e. The molecule has 1 heterocycles. The SMILES string of the molecule is O=C(O)C=Cc1ncc(C(=O)O)s1. The largest absolute Gasteiger partial charge is 0.478 e. The standard InChI is InChI=1S/C7H5NO4S/c9-6(10)2-1-5-8-3-4(13-5)7(11)12/h1-3H,(H,9,10)(H,11,12). The number of hydrogen-bond donors (Lipinski definition) is 2. The summed E-state index contributed by atoms with van der Waals surface area (Å²) in [4.78, 5) is 24.3. The van der Waals surface area contributed by atoms with E-state index in [4.69, 9.17) is 10.2 Å². The molecule has 0 aliphatic heterocycles. The van der Waals surface area contributed by atoms with Crippen LogP contribution in [0.25, 0.3) is 6.08 Å². The molecule has 1 aromatic heterocycles. The van der Waals surface area contributed by atoms with E-state index in [1.54, 1.807) is 0 Å². The highest BCUT2D eigenvalue weighted by Gasteiger charge is 2.06. The van der Waals surface area contributed by atoms with Crippen LogP contribution in [-0.2, 0) is 4.79 Å². The van der Waals surface area contributed by atoms with Crippen molar-refractivity contribution in [3.8, 4) is 0 Å². The molecule has 0 amide bonds. The van der Waals surface area contributed by atoms with Gasteiger partial charge in [-0.3, -0.25) is 0 Å². The van der Waals surface area contributed by atoms with Gasteiger partial charge >= 0.3 is 11.9 Å². The van der Waals surface area contributed by atoms with Crippen LogP contribution >= 0.6 is 11.3 Å². The molecule has 0 aliphatic carbocycles. The predicted octanol–water partition coefficient (Wildman–Crippen LogP) is 0.939. The summed E-state index contributed by atoms with van der Waals surface area (Å²) in [6, 6.07) is 0. The molecule has 0 atom stereocenters. The molecule has 0 fully saturated rings. The number of carboxylic acid groups (broad SMARTS) is 2. The molecule has 2 N–H and O–H groups in total. The Labute approximate surface area is 77.0 Å².